The molecule has 0 saturated carbocycles. The van der Waals surface area contributed by atoms with E-state index in [0.717, 1.165) is 42.1 Å². The van der Waals surface area contributed by atoms with E-state index in [1.54, 1.807) is 19.4 Å². The average Bonchev–Trinajstić information content (AvgIpc) is 3.30. The van der Waals surface area contributed by atoms with Gasteiger partial charge in [0.15, 0.2) is 5.78 Å². The first kappa shape index (κ1) is 21.8. The minimum Gasteiger partial charge on any atom is -0.496 e. The van der Waals surface area contributed by atoms with Crippen molar-refractivity contribution in [1.29, 1.82) is 0 Å². The molecule has 0 aliphatic carbocycles. The van der Waals surface area contributed by atoms with Gasteiger partial charge < -0.3 is 9.64 Å². The van der Waals surface area contributed by atoms with Gasteiger partial charge in [-0.15, -0.1) is 0 Å². The summed E-state index contributed by atoms with van der Waals surface area (Å²) in [4.78, 5) is 28.5. The van der Waals surface area contributed by atoms with Crippen LogP contribution in [0.3, 0.4) is 0 Å². The van der Waals surface area contributed by atoms with Crippen LogP contribution in [0, 0.1) is 0 Å². The van der Waals surface area contributed by atoms with Crippen LogP contribution in [0.15, 0.2) is 60.8 Å². The lowest BCUT2D eigenvalue weighted by Crippen LogP contribution is -2.54. The molecule has 0 N–H and O–H groups in total. The molecule has 166 valence electrons. The third-order valence-corrected chi connectivity index (χ3v) is 5.89. The number of hydrogen-bond donors (Lipinski definition) is 0. The summed E-state index contributed by atoms with van der Waals surface area (Å²) >= 11 is 0. The number of hydrogen-bond acceptors (Lipinski definition) is 5. The highest BCUT2D eigenvalue weighted by Crippen LogP contribution is 2.28. The molecule has 0 bridgehead atoms. The number of rotatable bonds is 5. The molecule has 1 aromatic heterocycles. The van der Waals surface area contributed by atoms with Gasteiger partial charge in [0.1, 0.15) is 11.4 Å². The van der Waals surface area contributed by atoms with Crippen molar-refractivity contribution in [2.75, 3.05) is 26.7 Å². The van der Waals surface area contributed by atoms with E-state index in [2.05, 4.69) is 40.3 Å². The van der Waals surface area contributed by atoms with Crippen molar-refractivity contribution in [2.24, 2.45) is 0 Å². The van der Waals surface area contributed by atoms with Gasteiger partial charge in [0.05, 0.1) is 7.11 Å². The molecule has 1 atom stereocenters. The molecule has 0 radical (unpaired) electrons. The zero-order chi connectivity index (χ0) is 22.7. The number of ketones is 1. The molecular weight excluding hydrogens is 404 g/mol. The van der Waals surface area contributed by atoms with E-state index < -0.39 is 0 Å². The maximum atomic E-state index is 12.9. The zero-order valence-electron chi connectivity index (χ0n) is 18.7. The minimum atomic E-state index is -0.200. The van der Waals surface area contributed by atoms with E-state index in [1.807, 2.05) is 30.0 Å². The molecule has 7 nitrogen and oxygen atoms in total. The lowest BCUT2D eigenvalue weighted by molar-refractivity contribution is 0.0960. The molecule has 2 aromatic carbocycles. The highest BCUT2D eigenvalue weighted by atomic mass is 16.5. The molecule has 0 spiro atoms. The number of aromatic nitrogens is 2. The molecule has 0 unspecified atom stereocenters. The smallest absolute Gasteiger partial charge is 0.344 e. The molecule has 3 aromatic rings. The third-order valence-electron chi connectivity index (χ3n) is 5.89. The molecule has 32 heavy (non-hydrogen) atoms. The van der Waals surface area contributed by atoms with Crippen molar-refractivity contribution in [3.8, 4) is 16.9 Å². The SMILES string of the molecule is COc1cc(-c2ccccc2)ccc1CN1CCN(C(=O)n2ccc(C(C)=O)n2)[C@H](C)C1. The Labute approximate surface area is 188 Å². The topological polar surface area (TPSA) is 67.7 Å². The number of methoxy groups -OCH3 is 1. The minimum absolute atomic E-state index is 0.0239. The first-order valence-corrected chi connectivity index (χ1v) is 10.8. The highest BCUT2D eigenvalue weighted by molar-refractivity contribution is 5.92. The van der Waals surface area contributed by atoms with Crippen LogP contribution in [-0.2, 0) is 6.54 Å². The molecule has 7 heteroatoms. The molecule has 2 heterocycles. The molecule has 1 aliphatic heterocycles. The van der Waals surface area contributed by atoms with Crippen LogP contribution in [0.5, 0.6) is 5.75 Å². The van der Waals surface area contributed by atoms with Crippen LogP contribution in [-0.4, -0.2) is 64.2 Å². The maximum absolute atomic E-state index is 12.9. The Balaban J connectivity index is 1.42. The van der Waals surface area contributed by atoms with E-state index in [0.29, 0.717) is 12.2 Å². The second-order valence-corrected chi connectivity index (χ2v) is 8.15. The monoisotopic (exact) mass is 432 g/mol. The van der Waals surface area contributed by atoms with Gasteiger partial charge in [-0.25, -0.2) is 4.79 Å². The van der Waals surface area contributed by atoms with E-state index in [4.69, 9.17) is 4.74 Å². The van der Waals surface area contributed by atoms with Gasteiger partial charge in [0, 0.05) is 50.9 Å². The normalized spacial score (nSPS) is 16.7. The van der Waals surface area contributed by atoms with Crippen molar-refractivity contribution < 1.29 is 14.3 Å². The molecule has 1 aliphatic rings. The van der Waals surface area contributed by atoms with Crippen molar-refractivity contribution in [2.45, 2.75) is 26.4 Å². The van der Waals surface area contributed by atoms with Crippen LogP contribution >= 0.6 is 0 Å². The summed E-state index contributed by atoms with van der Waals surface area (Å²) in [5.74, 6) is 0.715. The van der Waals surface area contributed by atoms with Gasteiger partial charge in [-0.2, -0.15) is 9.78 Å². The predicted octanol–water partition coefficient (Wildman–Crippen LogP) is 3.94. The second kappa shape index (κ2) is 9.36. The van der Waals surface area contributed by atoms with Crippen LogP contribution in [0.1, 0.15) is 29.9 Å². The Morgan fingerprint density at radius 3 is 2.50 bits per heavy atom. The first-order valence-electron chi connectivity index (χ1n) is 10.8. The van der Waals surface area contributed by atoms with E-state index in [9.17, 15) is 9.59 Å². The van der Waals surface area contributed by atoms with Gasteiger partial charge >= 0.3 is 6.03 Å². The van der Waals surface area contributed by atoms with Crippen LogP contribution in [0.2, 0.25) is 0 Å². The third kappa shape index (κ3) is 4.57. The summed E-state index contributed by atoms with van der Waals surface area (Å²) in [5.41, 5.74) is 3.71. The largest absolute Gasteiger partial charge is 0.496 e. The van der Waals surface area contributed by atoms with Gasteiger partial charge in [0.25, 0.3) is 0 Å². The Kier molecular flexibility index (Phi) is 6.37. The number of ether oxygens (including phenoxy) is 1. The van der Waals surface area contributed by atoms with Crippen molar-refractivity contribution >= 4 is 11.8 Å². The summed E-state index contributed by atoms with van der Waals surface area (Å²) in [6, 6.07) is 18.0. The lowest BCUT2D eigenvalue weighted by Gasteiger charge is -2.39. The van der Waals surface area contributed by atoms with E-state index in [-0.39, 0.29) is 17.9 Å². The summed E-state index contributed by atoms with van der Waals surface area (Å²) < 4.78 is 6.94. The second-order valence-electron chi connectivity index (χ2n) is 8.15. The Morgan fingerprint density at radius 1 is 1.06 bits per heavy atom. The van der Waals surface area contributed by atoms with Gasteiger partial charge in [-0.1, -0.05) is 42.5 Å². The number of benzene rings is 2. The number of carbonyl (C=O) groups excluding carboxylic acids is 2. The first-order chi connectivity index (χ1) is 15.5. The van der Waals surface area contributed by atoms with Gasteiger partial charge in [-0.3, -0.25) is 9.69 Å². The number of nitrogens with zero attached hydrogens (tertiary/aromatic N) is 4. The van der Waals surface area contributed by atoms with Crippen molar-refractivity contribution in [3.63, 3.8) is 0 Å². The zero-order valence-corrected chi connectivity index (χ0v) is 18.7. The quantitative estimate of drug-likeness (QED) is 0.572. The Morgan fingerprint density at radius 2 is 1.84 bits per heavy atom. The van der Waals surface area contributed by atoms with E-state index in [1.165, 1.54) is 11.6 Å². The predicted molar refractivity (Wildman–Crippen MR) is 123 cm³/mol. The summed E-state index contributed by atoms with van der Waals surface area (Å²) in [5, 5.41) is 4.11. The summed E-state index contributed by atoms with van der Waals surface area (Å²) in [6.07, 6.45) is 1.55. The molecule has 1 amide bonds. The Hall–Kier alpha value is -3.45. The Bertz CT molecular complexity index is 1110. The number of Topliss-reactive ketones (excluding diaryl/α,β-unsaturated/α-hetero) is 1. The van der Waals surface area contributed by atoms with Crippen LogP contribution in [0.25, 0.3) is 11.1 Å². The molecule has 1 saturated heterocycles. The fourth-order valence-electron chi connectivity index (χ4n) is 4.14. The number of carbonyl (C=O) groups is 2. The standard InChI is InChI=1S/C25H28N4O3/c1-18-16-27(13-14-28(18)25(31)29-12-11-23(26-29)19(2)30)17-22-10-9-21(15-24(22)32-3)20-7-5-4-6-8-20/h4-12,15,18H,13-14,16-17H2,1-3H3/t18-/m1/s1. The van der Waals surface area contributed by atoms with E-state index >= 15 is 0 Å². The fourth-order valence-corrected chi connectivity index (χ4v) is 4.14. The van der Waals surface area contributed by atoms with Crippen LogP contribution < -0.4 is 4.74 Å². The summed E-state index contributed by atoms with van der Waals surface area (Å²) in [6.45, 7) is 6.33. The maximum Gasteiger partial charge on any atom is 0.344 e. The lowest BCUT2D eigenvalue weighted by atomic mass is 10.0. The van der Waals surface area contributed by atoms with Crippen molar-refractivity contribution in [3.05, 3.63) is 72.1 Å². The van der Waals surface area contributed by atoms with Crippen LogP contribution in [0.4, 0.5) is 4.79 Å². The van der Waals surface area contributed by atoms with Gasteiger partial charge in [-0.05, 0) is 30.2 Å². The van der Waals surface area contributed by atoms with Crippen molar-refractivity contribution in [1.82, 2.24) is 19.6 Å². The van der Waals surface area contributed by atoms with Gasteiger partial charge in [0.2, 0.25) is 0 Å². The average molecular weight is 433 g/mol. The number of amides is 1. The number of piperazine rings is 1. The fraction of sp³-hybridized carbons (Fsp3) is 0.320. The molecular formula is C25H28N4O3. The molecule has 4 rings (SSSR count). The summed E-state index contributed by atoms with van der Waals surface area (Å²) in [7, 11) is 1.70. The molecule has 1 fully saturated rings. The highest BCUT2D eigenvalue weighted by Gasteiger charge is 2.29.